The van der Waals surface area contributed by atoms with Crippen molar-refractivity contribution in [3.05, 3.63) is 0 Å². The quantitative estimate of drug-likeness (QED) is 0.733. The van der Waals surface area contributed by atoms with Crippen LogP contribution in [0.4, 0.5) is 13.2 Å². The van der Waals surface area contributed by atoms with Crippen molar-refractivity contribution in [2.45, 2.75) is 39.8 Å². The molecule has 0 aliphatic heterocycles. The number of amides is 1. The second-order valence-corrected chi connectivity index (χ2v) is 4.33. The van der Waals surface area contributed by atoms with E-state index in [1.165, 1.54) is 0 Å². The monoisotopic (exact) mass is 268 g/mol. The number of carbonyl (C=O) groups is 1. The Bertz CT molecular complexity index is 240. The van der Waals surface area contributed by atoms with E-state index in [1.807, 2.05) is 20.8 Å². The van der Waals surface area contributed by atoms with Gasteiger partial charge in [0.1, 0.15) is 0 Å². The van der Waals surface area contributed by atoms with E-state index in [-0.39, 0.29) is 12.5 Å². The molecule has 0 saturated heterocycles. The van der Waals surface area contributed by atoms with E-state index in [9.17, 15) is 18.0 Å². The molecule has 0 spiro atoms. The van der Waals surface area contributed by atoms with Crippen molar-refractivity contribution in [3.63, 3.8) is 0 Å². The average molecular weight is 268 g/mol. The van der Waals surface area contributed by atoms with E-state index in [0.29, 0.717) is 19.0 Å². The maximum atomic E-state index is 11.9. The van der Waals surface area contributed by atoms with E-state index in [4.69, 9.17) is 0 Å². The molecule has 0 unspecified atom stereocenters. The van der Waals surface area contributed by atoms with Gasteiger partial charge in [0.05, 0.1) is 13.1 Å². The van der Waals surface area contributed by atoms with Gasteiger partial charge in [0.25, 0.3) is 0 Å². The molecule has 0 fully saturated rings. The normalized spacial score (nSPS) is 11.9. The molecule has 108 valence electrons. The van der Waals surface area contributed by atoms with Gasteiger partial charge in [-0.15, -0.1) is 0 Å². The van der Waals surface area contributed by atoms with Crippen molar-refractivity contribution in [2.75, 3.05) is 26.2 Å². The minimum absolute atomic E-state index is 0.256. The Balaban J connectivity index is 4.11. The van der Waals surface area contributed by atoms with Crippen molar-refractivity contribution < 1.29 is 18.0 Å². The average Bonchev–Trinajstić information content (AvgIpc) is 2.29. The van der Waals surface area contributed by atoms with Crippen molar-refractivity contribution in [1.82, 2.24) is 10.2 Å². The fraction of sp³-hybridized carbons (Fsp3) is 0.917. The van der Waals surface area contributed by atoms with Crippen LogP contribution in [0, 0.1) is 5.92 Å². The second-order valence-electron chi connectivity index (χ2n) is 4.33. The molecule has 3 nitrogen and oxygen atoms in total. The summed E-state index contributed by atoms with van der Waals surface area (Å²) in [6, 6.07) is 0. The van der Waals surface area contributed by atoms with Gasteiger partial charge in [0, 0.05) is 13.1 Å². The van der Waals surface area contributed by atoms with Crippen LogP contribution in [0.5, 0.6) is 0 Å². The van der Waals surface area contributed by atoms with E-state index < -0.39 is 12.7 Å². The van der Waals surface area contributed by atoms with Gasteiger partial charge in [-0.1, -0.05) is 26.7 Å². The van der Waals surface area contributed by atoms with E-state index in [0.717, 1.165) is 12.8 Å². The smallest absolute Gasteiger partial charge is 0.342 e. The van der Waals surface area contributed by atoms with Crippen LogP contribution >= 0.6 is 0 Å². The molecule has 0 aromatic rings. The Kier molecular flexibility index (Phi) is 7.98. The predicted molar refractivity (Wildman–Crippen MR) is 65.3 cm³/mol. The largest absolute Gasteiger partial charge is 0.401 e. The molecule has 18 heavy (non-hydrogen) atoms. The van der Waals surface area contributed by atoms with Crippen LogP contribution in [0.2, 0.25) is 0 Å². The van der Waals surface area contributed by atoms with Crippen LogP contribution in [0.15, 0.2) is 0 Å². The van der Waals surface area contributed by atoms with Crippen LogP contribution in [0.3, 0.4) is 0 Å². The summed E-state index contributed by atoms with van der Waals surface area (Å²) in [6.45, 7) is 5.71. The Morgan fingerprint density at radius 3 is 2.17 bits per heavy atom. The van der Waals surface area contributed by atoms with Gasteiger partial charge < -0.3 is 10.2 Å². The minimum Gasteiger partial charge on any atom is -0.342 e. The number of likely N-dealkylation sites (N-methyl/N-ethyl adjacent to an activating group) is 1. The number of halogens is 3. The van der Waals surface area contributed by atoms with Crippen molar-refractivity contribution in [1.29, 1.82) is 0 Å². The van der Waals surface area contributed by atoms with Crippen LogP contribution in [0.25, 0.3) is 0 Å². The predicted octanol–water partition coefficient (Wildman–Crippen LogP) is 2.42. The standard InChI is InChI=1S/C12H23F3N2O/c1-4-10(5-2)8-17(6-3)11(18)7-16-9-12(13,14)15/h10,16H,4-9H2,1-3H3. The van der Waals surface area contributed by atoms with E-state index >= 15 is 0 Å². The van der Waals surface area contributed by atoms with Crippen molar-refractivity contribution >= 4 is 5.91 Å². The van der Waals surface area contributed by atoms with Gasteiger partial charge in [0.2, 0.25) is 5.91 Å². The summed E-state index contributed by atoms with van der Waals surface area (Å²) >= 11 is 0. The maximum absolute atomic E-state index is 11.9. The third-order valence-corrected chi connectivity index (χ3v) is 2.97. The number of nitrogens with zero attached hydrogens (tertiary/aromatic N) is 1. The molecule has 1 N–H and O–H groups in total. The topological polar surface area (TPSA) is 32.3 Å². The van der Waals surface area contributed by atoms with Crippen molar-refractivity contribution in [2.24, 2.45) is 5.92 Å². The fourth-order valence-corrected chi connectivity index (χ4v) is 1.69. The SMILES string of the molecule is CCC(CC)CN(CC)C(=O)CNCC(F)(F)F. The molecule has 0 rings (SSSR count). The molecule has 6 heteroatoms. The fourth-order valence-electron chi connectivity index (χ4n) is 1.69. The summed E-state index contributed by atoms with van der Waals surface area (Å²) in [5.74, 6) is 0.144. The molecule has 0 atom stereocenters. The minimum atomic E-state index is -4.27. The third-order valence-electron chi connectivity index (χ3n) is 2.97. The van der Waals surface area contributed by atoms with Gasteiger partial charge in [-0.05, 0) is 12.8 Å². The highest BCUT2D eigenvalue weighted by Gasteiger charge is 2.27. The molecule has 0 aromatic carbocycles. The van der Waals surface area contributed by atoms with Gasteiger partial charge in [-0.3, -0.25) is 4.79 Å². The Morgan fingerprint density at radius 1 is 1.22 bits per heavy atom. The molecule has 0 aromatic heterocycles. The van der Waals surface area contributed by atoms with E-state index in [1.54, 1.807) is 4.90 Å². The van der Waals surface area contributed by atoms with Crippen LogP contribution < -0.4 is 5.32 Å². The first-order valence-corrected chi connectivity index (χ1v) is 6.39. The number of hydrogen-bond acceptors (Lipinski definition) is 2. The maximum Gasteiger partial charge on any atom is 0.401 e. The summed E-state index contributed by atoms with van der Waals surface area (Å²) in [7, 11) is 0. The highest BCUT2D eigenvalue weighted by atomic mass is 19.4. The lowest BCUT2D eigenvalue weighted by molar-refractivity contribution is -0.134. The molecule has 0 bridgehead atoms. The molecule has 0 radical (unpaired) electrons. The number of alkyl halides is 3. The molecule has 0 aliphatic rings. The lowest BCUT2D eigenvalue weighted by Gasteiger charge is -2.25. The lowest BCUT2D eigenvalue weighted by Crippen LogP contribution is -2.42. The number of hydrogen-bond donors (Lipinski definition) is 1. The summed E-state index contributed by atoms with van der Waals surface area (Å²) in [5.41, 5.74) is 0. The zero-order chi connectivity index (χ0) is 14.2. The molecule has 0 aliphatic carbocycles. The third kappa shape index (κ3) is 7.53. The lowest BCUT2D eigenvalue weighted by atomic mass is 10.0. The van der Waals surface area contributed by atoms with Crippen LogP contribution in [-0.4, -0.2) is 43.2 Å². The molecule has 0 heterocycles. The Labute approximate surface area is 107 Å². The summed E-state index contributed by atoms with van der Waals surface area (Å²) < 4.78 is 35.8. The van der Waals surface area contributed by atoms with Gasteiger partial charge in [-0.2, -0.15) is 13.2 Å². The van der Waals surface area contributed by atoms with Gasteiger partial charge in [0.15, 0.2) is 0 Å². The number of nitrogens with one attached hydrogen (secondary N) is 1. The van der Waals surface area contributed by atoms with Crippen molar-refractivity contribution in [3.8, 4) is 0 Å². The number of carbonyl (C=O) groups excluding carboxylic acids is 1. The molecule has 0 saturated carbocycles. The van der Waals surface area contributed by atoms with Gasteiger partial charge in [-0.25, -0.2) is 0 Å². The van der Waals surface area contributed by atoms with Crippen LogP contribution in [0.1, 0.15) is 33.6 Å². The second kappa shape index (κ2) is 8.34. The van der Waals surface area contributed by atoms with Gasteiger partial charge >= 0.3 is 6.18 Å². The first-order chi connectivity index (χ1) is 8.34. The molecular formula is C12H23F3N2O. The summed E-state index contributed by atoms with van der Waals surface area (Å²) in [5, 5.41) is 2.13. The first-order valence-electron chi connectivity index (χ1n) is 6.39. The molecular weight excluding hydrogens is 245 g/mol. The highest BCUT2D eigenvalue weighted by molar-refractivity contribution is 5.78. The van der Waals surface area contributed by atoms with E-state index in [2.05, 4.69) is 5.32 Å². The number of rotatable bonds is 8. The summed E-state index contributed by atoms with van der Waals surface area (Å²) in [4.78, 5) is 13.3. The zero-order valence-electron chi connectivity index (χ0n) is 11.3. The summed E-state index contributed by atoms with van der Waals surface area (Å²) in [6.07, 6.45) is -2.33. The first kappa shape index (κ1) is 17.2. The highest BCUT2D eigenvalue weighted by Crippen LogP contribution is 2.12. The Morgan fingerprint density at radius 2 is 1.78 bits per heavy atom. The molecule has 1 amide bonds. The Hall–Kier alpha value is -0.780. The van der Waals surface area contributed by atoms with Crippen LogP contribution in [-0.2, 0) is 4.79 Å². The zero-order valence-corrected chi connectivity index (χ0v) is 11.3.